The fourth-order valence-corrected chi connectivity index (χ4v) is 3.24. The summed E-state index contributed by atoms with van der Waals surface area (Å²) in [5.74, 6) is 1.33. The van der Waals surface area contributed by atoms with Crippen molar-refractivity contribution in [3.05, 3.63) is 29.6 Å². The topological polar surface area (TPSA) is 15.3 Å². The number of anilines is 1. The highest BCUT2D eigenvalue weighted by atomic mass is 19.1. The molecule has 21 heavy (non-hydrogen) atoms. The minimum atomic E-state index is -0.0865. The molecular weight excluding hydrogens is 263 g/mol. The number of hydrogen-bond donors (Lipinski definition) is 1. The quantitative estimate of drug-likeness (QED) is 0.837. The van der Waals surface area contributed by atoms with E-state index in [1.165, 1.54) is 6.42 Å². The van der Waals surface area contributed by atoms with Crippen LogP contribution in [0.5, 0.6) is 0 Å². The maximum absolute atomic E-state index is 14.4. The van der Waals surface area contributed by atoms with E-state index in [0.29, 0.717) is 5.92 Å². The lowest BCUT2D eigenvalue weighted by atomic mass is 9.95. The van der Waals surface area contributed by atoms with Crippen LogP contribution in [0.15, 0.2) is 18.2 Å². The Bertz CT molecular complexity index is 459. The smallest absolute Gasteiger partial charge is 0.130 e. The monoisotopic (exact) mass is 292 g/mol. The molecule has 3 heteroatoms. The van der Waals surface area contributed by atoms with Crippen LogP contribution >= 0.6 is 0 Å². The van der Waals surface area contributed by atoms with E-state index in [9.17, 15) is 4.39 Å². The van der Waals surface area contributed by atoms with Gasteiger partial charge in [0.1, 0.15) is 5.82 Å². The third-order valence-electron chi connectivity index (χ3n) is 4.67. The summed E-state index contributed by atoms with van der Waals surface area (Å²) in [4.78, 5) is 2.37. The van der Waals surface area contributed by atoms with Crippen molar-refractivity contribution < 1.29 is 4.39 Å². The molecule has 2 nitrogen and oxygen atoms in total. The van der Waals surface area contributed by atoms with E-state index in [0.717, 1.165) is 43.2 Å². The first kappa shape index (κ1) is 16.3. The maximum atomic E-state index is 14.4. The Morgan fingerprint density at radius 1 is 1.33 bits per heavy atom. The summed E-state index contributed by atoms with van der Waals surface area (Å²) < 4.78 is 14.4. The first-order valence-electron chi connectivity index (χ1n) is 8.31. The lowest BCUT2D eigenvalue weighted by molar-refractivity contribution is 0.422. The second-order valence-electron chi connectivity index (χ2n) is 6.59. The lowest BCUT2D eigenvalue weighted by Crippen LogP contribution is -2.27. The van der Waals surface area contributed by atoms with Gasteiger partial charge < -0.3 is 10.2 Å². The molecule has 118 valence electrons. The number of nitrogens with zero attached hydrogens (tertiary/aromatic N) is 1. The van der Waals surface area contributed by atoms with Gasteiger partial charge in [-0.15, -0.1) is 0 Å². The summed E-state index contributed by atoms with van der Waals surface area (Å²) in [7, 11) is 0. The average Bonchev–Trinajstić information content (AvgIpc) is 2.94. The molecule has 1 saturated heterocycles. The summed E-state index contributed by atoms with van der Waals surface area (Å²) in [6.45, 7) is 11.8. The normalized spacial score (nSPS) is 20.3. The summed E-state index contributed by atoms with van der Waals surface area (Å²) >= 11 is 0. The minimum Gasteiger partial charge on any atom is -0.371 e. The Balaban J connectivity index is 2.22. The zero-order chi connectivity index (χ0) is 15.4. The average molecular weight is 292 g/mol. The molecule has 1 aliphatic rings. The van der Waals surface area contributed by atoms with E-state index < -0.39 is 0 Å². The molecule has 0 aromatic heterocycles. The molecule has 2 unspecified atom stereocenters. The van der Waals surface area contributed by atoms with E-state index in [2.05, 4.69) is 44.0 Å². The zero-order valence-electron chi connectivity index (χ0n) is 13.8. The van der Waals surface area contributed by atoms with Crippen LogP contribution in [-0.2, 0) is 0 Å². The molecule has 1 fully saturated rings. The second kappa shape index (κ2) is 7.26. The van der Waals surface area contributed by atoms with Gasteiger partial charge in [0.15, 0.2) is 0 Å². The first-order chi connectivity index (χ1) is 10.0. The Labute approximate surface area is 128 Å². The molecule has 0 bridgehead atoms. The van der Waals surface area contributed by atoms with Gasteiger partial charge in [0.25, 0.3) is 0 Å². The zero-order valence-corrected chi connectivity index (χ0v) is 13.8. The predicted molar refractivity (Wildman–Crippen MR) is 88.3 cm³/mol. The molecule has 1 aromatic rings. The summed E-state index contributed by atoms with van der Waals surface area (Å²) in [6.07, 6.45) is 2.28. The van der Waals surface area contributed by atoms with Crippen LogP contribution < -0.4 is 10.2 Å². The SMILES string of the molecule is CCCNC(C)c1c(F)cccc1N1CCC(C(C)C)C1. The largest absolute Gasteiger partial charge is 0.371 e. The van der Waals surface area contributed by atoms with Gasteiger partial charge in [-0.1, -0.05) is 26.8 Å². The van der Waals surface area contributed by atoms with E-state index >= 15 is 0 Å². The van der Waals surface area contributed by atoms with E-state index in [-0.39, 0.29) is 11.9 Å². The van der Waals surface area contributed by atoms with Crippen LogP contribution in [0.3, 0.4) is 0 Å². The Kier molecular flexibility index (Phi) is 5.63. The fourth-order valence-electron chi connectivity index (χ4n) is 3.24. The van der Waals surface area contributed by atoms with Crippen LogP contribution in [0, 0.1) is 17.7 Å². The fraction of sp³-hybridized carbons (Fsp3) is 0.667. The van der Waals surface area contributed by atoms with Crippen molar-refractivity contribution in [2.45, 2.75) is 46.6 Å². The molecule has 0 spiro atoms. The molecule has 0 aliphatic carbocycles. The van der Waals surface area contributed by atoms with Gasteiger partial charge in [-0.05, 0) is 50.3 Å². The highest BCUT2D eigenvalue weighted by molar-refractivity contribution is 5.56. The number of rotatable bonds is 6. The third-order valence-corrected chi connectivity index (χ3v) is 4.67. The molecule has 1 N–H and O–H groups in total. The maximum Gasteiger partial charge on any atom is 0.130 e. The summed E-state index contributed by atoms with van der Waals surface area (Å²) in [5.41, 5.74) is 1.91. The highest BCUT2D eigenvalue weighted by Crippen LogP contribution is 2.34. The third kappa shape index (κ3) is 3.76. The standard InChI is InChI=1S/C18H29FN2/c1-5-10-20-14(4)18-16(19)7-6-8-17(18)21-11-9-15(12-21)13(2)3/h6-8,13-15,20H,5,9-12H2,1-4H3. The molecule has 1 aromatic carbocycles. The van der Waals surface area contributed by atoms with Gasteiger partial charge in [0.2, 0.25) is 0 Å². The Morgan fingerprint density at radius 2 is 2.10 bits per heavy atom. The van der Waals surface area contributed by atoms with Gasteiger partial charge in [-0.2, -0.15) is 0 Å². The number of hydrogen-bond acceptors (Lipinski definition) is 2. The molecule has 0 saturated carbocycles. The van der Waals surface area contributed by atoms with Gasteiger partial charge in [0.05, 0.1) is 0 Å². The van der Waals surface area contributed by atoms with Crippen LogP contribution in [0.1, 0.15) is 52.1 Å². The number of halogens is 1. The molecule has 1 aliphatic heterocycles. The first-order valence-corrected chi connectivity index (χ1v) is 8.31. The second-order valence-corrected chi connectivity index (χ2v) is 6.59. The summed E-state index contributed by atoms with van der Waals surface area (Å²) in [5, 5.41) is 3.42. The molecule has 2 atom stereocenters. The minimum absolute atomic E-state index is 0.0549. The van der Waals surface area contributed by atoms with Gasteiger partial charge in [-0.3, -0.25) is 0 Å². The van der Waals surface area contributed by atoms with Crippen molar-refractivity contribution in [2.75, 3.05) is 24.5 Å². The van der Waals surface area contributed by atoms with Crippen molar-refractivity contribution in [1.29, 1.82) is 0 Å². The van der Waals surface area contributed by atoms with Crippen LogP contribution in [-0.4, -0.2) is 19.6 Å². The summed E-state index contributed by atoms with van der Waals surface area (Å²) in [6, 6.07) is 5.55. The van der Waals surface area contributed by atoms with Crippen molar-refractivity contribution in [3.63, 3.8) is 0 Å². The Hall–Kier alpha value is -1.09. The van der Waals surface area contributed by atoms with Crippen LogP contribution in [0.25, 0.3) is 0 Å². The van der Waals surface area contributed by atoms with Gasteiger partial charge in [0, 0.05) is 30.4 Å². The number of benzene rings is 1. The van der Waals surface area contributed by atoms with Crippen molar-refractivity contribution in [2.24, 2.45) is 11.8 Å². The Morgan fingerprint density at radius 3 is 2.71 bits per heavy atom. The van der Waals surface area contributed by atoms with Crippen LogP contribution in [0.2, 0.25) is 0 Å². The lowest BCUT2D eigenvalue weighted by Gasteiger charge is -2.26. The molecule has 1 heterocycles. The molecular formula is C18H29FN2. The van der Waals surface area contributed by atoms with Gasteiger partial charge in [-0.25, -0.2) is 4.39 Å². The van der Waals surface area contributed by atoms with Gasteiger partial charge >= 0.3 is 0 Å². The van der Waals surface area contributed by atoms with Crippen molar-refractivity contribution in [3.8, 4) is 0 Å². The van der Waals surface area contributed by atoms with Crippen LogP contribution in [0.4, 0.5) is 10.1 Å². The highest BCUT2D eigenvalue weighted by Gasteiger charge is 2.28. The molecule has 0 amide bonds. The van der Waals surface area contributed by atoms with Crippen molar-refractivity contribution in [1.82, 2.24) is 5.32 Å². The van der Waals surface area contributed by atoms with Crippen molar-refractivity contribution >= 4 is 5.69 Å². The van der Waals surface area contributed by atoms with E-state index in [1.807, 2.05) is 6.07 Å². The van der Waals surface area contributed by atoms with E-state index in [1.54, 1.807) is 6.07 Å². The predicted octanol–water partition coefficient (Wildman–Crippen LogP) is 4.37. The van der Waals surface area contributed by atoms with E-state index in [4.69, 9.17) is 0 Å². The number of nitrogens with one attached hydrogen (secondary N) is 1. The molecule has 0 radical (unpaired) electrons. The molecule has 2 rings (SSSR count).